The highest BCUT2D eigenvalue weighted by molar-refractivity contribution is 5.64. The molecule has 0 aromatic carbocycles. The molecule has 3 nitrogen and oxygen atoms in total. The number of hydrogen-bond acceptors (Lipinski definition) is 3. The first-order valence-electron chi connectivity index (χ1n) is 14.0. The largest absolute Gasteiger partial charge is 0.300 e. The summed E-state index contributed by atoms with van der Waals surface area (Å²) in [7, 11) is 0. The lowest BCUT2D eigenvalue weighted by atomic mass is 10.00. The summed E-state index contributed by atoms with van der Waals surface area (Å²) in [6, 6.07) is 1.37. The third-order valence-electron chi connectivity index (χ3n) is 7.27. The van der Waals surface area contributed by atoms with Crippen molar-refractivity contribution in [2.24, 2.45) is 4.99 Å². The monoisotopic (exact) mass is 431 g/mol. The zero-order valence-corrected chi connectivity index (χ0v) is 21.1. The number of allylic oxidation sites excluding steroid dienone is 2. The Labute approximate surface area is 194 Å². The van der Waals surface area contributed by atoms with Crippen LogP contribution in [-0.2, 0) is 0 Å². The summed E-state index contributed by atoms with van der Waals surface area (Å²) in [6.45, 7) is 10.7. The maximum atomic E-state index is 4.94. The van der Waals surface area contributed by atoms with E-state index in [1.807, 2.05) is 0 Å². The van der Waals surface area contributed by atoms with Crippen molar-refractivity contribution in [1.29, 1.82) is 0 Å². The van der Waals surface area contributed by atoms with E-state index in [4.69, 9.17) is 4.99 Å². The number of nitrogens with zero attached hydrogens (tertiary/aromatic N) is 3. The SMILES string of the molecule is CCCCN(CCCC)C1C=NCCCN(C2CCC/C=C\CCCCC2)CCCC1. The first-order chi connectivity index (χ1) is 15.3. The molecule has 1 aliphatic carbocycles. The average molecular weight is 432 g/mol. The molecule has 1 aliphatic heterocycles. The van der Waals surface area contributed by atoms with Gasteiger partial charge in [0.15, 0.2) is 0 Å². The van der Waals surface area contributed by atoms with E-state index in [2.05, 4.69) is 42.0 Å². The number of aliphatic imine (C=N–C) groups is 1. The zero-order valence-electron chi connectivity index (χ0n) is 21.1. The van der Waals surface area contributed by atoms with E-state index >= 15 is 0 Å². The third kappa shape index (κ3) is 11.7. The highest BCUT2D eigenvalue weighted by atomic mass is 15.2. The van der Waals surface area contributed by atoms with Gasteiger partial charge in [-0.05, 0) is 90.3 Å². The zero-order chi connectivity index (χ0) is 22.0. The number of rotatable bonds is 8. The van der Waals surface area contributed by atoms with Gasteiger partial charge < -0.3 is 4.90 Å². The quantitative estimate of drug-likeness (QED) is 0.376. The Morgan fingerprint density at radius 1 is 0.774 bits per heavy atom. The van der Waals surface area contributed by atoms with Crippen LogP contribution in [0.1, 0.15) is 117 Å². The van der Waals surface area contributed by atoms with Crippen LogP contribution in [-0.4, -0.2) is 60.8 Å². The summed E-state index contributed by atoms with van der Waals surface area (Å²) in [5.74, 6) is 0. The molecule has 0 N–H and O–H groups in total. The van der Waals surface area contributed by atoms with Crippen LogP contribution in [0.25, 0.3) is 0 Å². The highest BCUT2D eigenvalue weighted by Gasteiger charge is 2.20. The molecule has 180 valence electrons. The predicted molar refractivity (Wildman–Crippen MR) is 138 cm³/mol. The molecule has 2 rings (SSSR count). The second-order valence-corrected chi connectivity index (χ2v) is 9.95. The molecular formula is C28H53N3. The van der Waals surface area contributed by atoms with E-state index in [9.17, 15) is 0 Å². The van der Waals surface area contributed by atoms with Crippen LogP contribution in [0.2, 0.25) is 0 Å². The van der Waals surface area contributed by atoms with Crippen molar-refractivity contribution in [3.8, 4) is 0 Å². The molecule has 0 aromatic heterocycles. The van der Waals surface area contributed by atoms with Gasteiger partial charge in [-0.3, -0.25) is 9.89 Å². The van der Waals surface area contributed by atoms with Crippen molar-refractivity contribution in [3.63, 3.8) is 0 Å². The van der Waals surface area contributed by atoms with Crippen molar-refractivity contribution >= 4 is 6.21 Å². The molecule has 0 bridgehead atoms. The van der Waals surface area contributed by atoms with Gasteiger partial charge in [0.25, 0.3) is 0 Å². The van der Waals surface area contributed by atoms with E-state index in [1.54, 1.807) is 0 Å². The fraction of sp³-hybridized carbons (Fsp3) is 0.893. The fourth-order valence-corrected chi connectivity index (χ4v) is 5.26. The van der Waals surface area contributed by atoms with Crippen molar-refractivity contribution in [3.05, 3.63) is 12.2 Å². The molecule has 2 unspecified atom stereocenters. The second-order valence-electron chi connectivity index (χ2n) is 9.95. The molecule has 0 saturated carbocycles. The number of hydrogen-bond donors (Lipinski definition) is 0. The summed E-state index contributed by atoms with van der Waals surface area (Å²) >= 11 is 0. The molecule has 0 radical (unpaired) electrons. The molecule has 0 spiro atoms. The summed E-state index contributed by atoms with van der Waals surface area (Å²) in [6.07, 6.45) is 28.6. The van der Waals surface area contributed by atoms with Crippen molar-refractivity contribution in [2.45, 2.75) is 129 Å². The Morgan fingerprint density at radius 2 is 1.45 bits per heavy atom. The van der Waals surface area contributed by atoms with Gasteiger partial charge in [0.05, 0.1) is 0 Å². The minimum atomic E-state index is 0.564. The third-order valence-corrected chi connectivity index (χ3v) is 7.27. The minimum Gasteiger partial charge on any atom is -0.300 e. The predicted octanol–water partition coefficient (Wildman–Crippen LogP) is 7.26. The van der Waals surface area contributed by atoms with E-state index in [0.717, 1.165) is 12.6 Å². The highest BCUT2D eigenvalue weighted by Crippen LogP contribution is 2.21. The van der Waals surface area contributed by atoms with E-state index in [-0.39, 0.29) is 0 Å². The average Bonchev–Trinajstić information content (AvgIpc) is 2.88. The normalized spacial score (nSPS) is 26.8. The van der Waals surface area contributed by atoms with Gasteiger partial charge >= 0.3 is 0 Å². The van der Waals surface area contributed by atoms with Crippen LogP contribution in [0.5, 0.6) is 0 Å². The Bertz CT molecular complexity index is 465. The Morgan fingerprint density at radius 3 is 2.23 bits per heavy atom. The molecule has 2 atom stereocenters. The maximum Gasteiger partial charge on any atom is 0.0446 e. The molecule has 3 heteroatoms. The van der Waals surface area contributed by atoms with Gasteiger partial charge in [0.2, 0.25) is 0 Å². The Kier molecular flexibility index (Phi) is 15.3. The van der Waals surface area contributed by atoms with E-state index < -0.39 is 0 Å². The number of unbranched alkanes of at least 4 members (excludes halogenated alkanes) is 2. The van der Waals surface area contributed by atoms with Crippen LogP contribution in [0.3, 0.4) is 0 Å². The molecule has 0 saturated heterocycles. The lowest BCUT2D eigenvalue weighted by molar-refractivity contribution is 0.165. The van der Waals surface area contributed by atoms with Crippen LogP contribution in [0, 0.1) is 0 Å². The minimum absolute atomic E-state index is 0.564. The van der Waals surface area contributed by atoms with Gasteiger partial charge in [0.1, 0.15) is 0 Å². The van der Waals surface area contributed by atoms with Crippen molar-refractivity contribution in [2.75, 3.05) is 32.7 Å². The Balaban J connectivity index is 1.91. The van der Waals surface area contributed by atoms with E-state index in [0.29, 0.717) is 6.04 Å². The molecular weight excluding hydrogens is 378 g/mol. The van der Waals surface area contributed by atoms with Crippen molar-refractivity contribution < 1.29 is 0 Å². The van der Waals surface area contributed by atoms with Gasteiger partial charge in [-0.2, -0.15) is 0 Å². The van der Waals surface area contributed by atoms with E-state index in [1.165, 1.54) is 129 Å². The van der Waals surface area contributed by atoms with Crippen LogP contribution < -0.4 is 0 Å². The van der Waals surface area contributed by atoms with Crippen LogP contribution >= 0.6 is 0 Å². The molecule has 31 heavy (non-hydrogen) atoms. The first kappa shape index (κ1) is 26.6. The summed E-state index contributed by atoms with van der Waals surface area (Å²) < 4.78 is 0. The van der Waals surface area contributed by atoms with Gasteiger partial charge in [-0.1, -0.05) is 58.1 Å². The summed E-state index contributed by atoms with van der Waals surface area (Å²) in [5.41, 5.74) is 0. The molecule has 1 heterocycles. The Hall–Kier alpha value is -0.670. The van der Waals surface area contributed by atoms with Crippen LogP contribution in [0.4, 0.5) is 0 Å². The smallest absolute Gasteiger partial charge is 0.0446 e. The lowest BCUT2D eigenvalue weighted by Gasteiger charge is -2.32. The molecule has 0 fully saturated rings. The van der Waals surface area contributed by atoms with Gasteiger partial charge in [0, 0.05) is 31.4 Å². The van der Waals surface area contributed by atoms with Crippen LogP contribution in [0.15, 0.2) is 17.1 Å². The molecule has 0 aromatic rings. The second kappa shape index (κ2) is 17.8. The molecule has 0 amide bonds. The lowest BCUT2D eigenvalue weighted by Crippen LogP contribution is -2.38. The van der Waals surface area contributed by atoms with Gasteiger partial charge in [-0.15, -0.1) is 0 Å². The maximum absolute atomic E-state index is 4.94. The topological polar surface area (TPSA) is 18.8 Å². The molecule has 2 aliphatic rings. The summed E-state index contributed by atoms with van der Waals surface area (Å²) in [5, 5.41) is 0. The van der Waals surface area contributed by atoms with Gasteiger partial charge in [-0.25, -0.2) is 0 Å². The summed E-state index contributed by atoms with van der Waals surface area (Å²) in [4.78, 5) is 10.5. The fourth-order valence-electron chi connectivity index (χ4n) is 5.26. The first-order valence-corrected chi connectivity index (χ1v) is 14.0. The standard InChI is InChI=1S/C28H53N3/c1-3-5-22-31(23-6-4-2)28-20-15-16-24-30(25-17-21-29-26-28)27-18-13-11-9-7-8-10-12-14-19-27/h7,9,26-28H,3-6,8,10-25H2,1-2H3/b9-7-,29-26?. The van der Waals surface area contributed by atoms with Crippen molar-refractivity contribution in [1.82, 2.24) is 9.80 Å².